The first kappa shape index (κ1) is 25.1. The molecule has 0 amide bonds. The van der Waals surface area contributed by atoms with Crippen LogP contribution in [0.4, 0.5) is 0 Å². The first-order valence-electron chi connectivity index (χ1n) is 15.5. The average molecular weight is 588 g/mol. The Hall–Kier alpha value is -6.26. The van der Waals surface area contributed by atoms with Gasteiger partial charge in [-0.05, 0) is 47.9 Å². The van der Waals surface area contributed by atoms with Crippen LogP contribution in [0.15, 0.2) is 156 Å². The van der Waals surface area contributed by atoms with E-state index in [1.165, 1.54) is 16.2 Å². The zero-order valence-corrected chi connectivity index (χ0v) is 24.7. The highest BCUT2D eigenvalue weighted by Gasteiger charge is 2.18. The van der Waals surface area contributed by atoms with Crippen LogP contribution < -0.4 is 0 Å². The van der Waals surface area contributed by atoms with Gasteiger partial charge in [-0.25, -0.2) is 9.50 Å². The highest BCUT2D eigenvalue weighted by atomic mass is 16.3. The van der Waals surface area contributed by atoms with Crippen molar-refractivity contribution in [2.75, 3.05) is 0 Å². The summed E-state index contributed by atoms with van der Waals surface area (Å²) in [6.45, 7) is 0. The van der Waals surface area contributed by atoms with E-state index in [0.29, 0.717) is 0 Å². The molecular weight excluding hydrogens is 562 g/mol. The number of nitrogens with zero attached hydrogens (tertiary/aromatic N) is 3. The summed E-state index contributed by atoms with van der Waals surface area (Å²) < 4.78 is 8.41. The summed E-state index contributed by atoms with van der Waals surface area (Å²) in [5.74, 6) is 0. The van der Waals surface area contributed by atoms with Crippen molar-refractivity contribution in [2.24, 2.45) is 0 Å². The lowest BCUT2D eigenvalue weighted by molar-refractivity contribution is 0.669. The minimum atomic E-state index is 0.885. The molecular formula is C42H25N3O. The largest absolute Gasteiger partial charge is 0.456 e. The molecule has 4 aromatic heterocycles. The number of benzene rings is 6. The monoisotopic (exact) mass is 587 g/mol. The number of rotatable bonds is 3. The van der Waals surface area contributed by atoms with Crippen molar-refractivity contribution in [3.63, 3.8) is 0 Å². The predicted octanol–water partition coefficient (Wildman–Crippen LogP) is 11.1. The van der Waals surface area contributed by atoms with Gasteiger partial charge in [-0.1, -0.05) is 109 Å². The van der Waals surface area contributed by atoms with Crippen LogP contribution in [-0.2, 0) is 0 Å². The van der Waals surface area contributed by atoms with Crippen molar-refractivity contribution < 1.29 is 4.42 Å². The Bertz CT molecular complexity index is 2810. The fourth-order valence-corrected chi connectivity index (χ4v) is 7.08. The summed E-state index contributed by atoms with van der Waals surface area (Å²) in [7, 11) is 0. The van der Waals surface area contributed by atoms with Gasteiger partial charge in [0.15, 0.2) is 0 Å². The maximum Gasteiger partial charge on any atom is 0.136 e. The smallest absolute Gasteiger partial charge is 0.136 e. The number of aromatic nitrogens is 3. The lowest BCUT2D eigenvalue weighted by atomic mass is 9.95. The van der Waals surface area contributed by atoms with Gasteiger partial charge >= 0.3 is 0 Å². The summed E-state index contributed by atoms with van der Waals surface area (Å²) in [6, 6.07) is 53.0. The molecule has 0 bridgehead atoms. The second-order valence-corrected chi connectivity index (χ2v) is 11.8. The second kappa shape index (κ2) is 9.62. The summed E-state index contributed by atoms with van der Waals surface area (Å²) in [4.78, 5) is 5.28. The lowest BCUT2D eigenvalue weighted by Crippen LogP contribution is -1.96. The van der Waals surface area contributed by atoms with Crippen LogP contribution in [0.5, 0.6) is 0 Å². The Kier molecular flexibility index (Phi) is 5.25. The number of fused-ring (bicyclic) bond motifs is 10. The third-order valence-corrected chi connectivity index (χ3v) is 9.17. The molecule has 0 spiro atoms. The maximum atomic E-state index is 6.31. The van der Waals surface area contributed by atoms with Crippen molar-refractivity contribution >= 4 is 59.9 Å². The third-order valence-electron chi connectivity index (χ3n) is 9.17. The van der Waals surface area contributed by atoms with E-state index in [0.717, 1.165) is 77.5 Å². The van der Waals surface area contributed by atoms with Crippen LogP contribution in [0.1, 0.15) is 0 Å². The highest BCUT2D eigenvalue weighted by Crippen LogP contribution is 2.42. The Morgan fingerprint density at radius 2 is 1.22 bits per heavy atom. The summed E-state index contributed by atoms with van der Waals surface area (Å²) in [5.41, 5.74) is 9.98. The van der Waals surface area contributed by atoms with Crippen molar-refractivity contribution in [2.45, 2.75) is 0 Å². The molecule has 6 aromatic carbocycles. The number of furan rings is 1. The number of pyridine rings is 2. The van der Waals surface area contributed by atoms with Gasteiger partial charge in [0.1, 0.15) is 11.2 Å². The molecule has 4 heteroatoms. The van der Waals surface area contributed by atoms with E-state index in [4.69, 9.17) is 14.5 Å². The van der Waals surface area contributed by atoms with E-state index >= 15 is 0 Å². The van der Waals surface area contributed by atoms with Crippen LogP contribution in [-0.4, -0.2) is 14.6 Å². The molecule has 0 radical (unpaired) electrons. The van der Waals surface area contributed by atoms with Crippen molar-refractivity contribution in [3.05, 3.63) is 152 Å². The van der Waals surface area contributed by atoms with E-state index in [1.807, 2.05) is 18.2 Å². The first-order valence-corrected chi connectivity index (χ1v) is 15.5. The molecule has 10 aromatic rings. The predicted molar refractivity (Wildman–Crippen MR) is 189 cm³/mol. The van der Waals surface area contributed by atoms with E-state index in [2.05, 4.69) is 138 Å². The highest BCUT2D eigenvalue weighted by molar-refractivity contribution is 6.28. The number of para-hydroxylation sites is 2. The van der Waals surface area contributed by atoms with Gasteiger partial charge in [0.25, 0.3) is 0 Å². The van der Waals surface area contributed by atoms with Gasteiger partial charge in [-0.2, -0.15) is 5.10 Å². The molecule has 4 heterocycles. The number of hydrogen-bond acceptors (Lipinski definition) is 3. The fourth-order valence-electron chi connectivity index (χ4n) is 7.08. The SMILES string of the molecule is c1ccc(-c2cc3c4ccccc4cc(-c4cccc(-c5nc6ccccc6c6c5ccc5oc7ccccc7c56)c4)n3n2)cc1. The topological polar surface area (TPSA) is 43.3 Å². The molecule has 0 N–H and O–H groups in total. The van der Waals surface area contributed by atoms with Crippen molar-refractivity contribution in [1.82, 2.24) is 14.6 Å². The standard InChI is InChI=1S/C42H25N3O/c1-2-11-26(12-3-1)35-25-37-30-16-5-4-13-27(30)24-36(45(37)44-35)28-14-10-15-29(23-28)42-33-21-22-39-41(32-18-7-9-20-38(32)46-39)40(33)31-17-6-8-19-34(31)43-42/h1-25H. The maximum absolute atomic E-state index is 6.31. The minimum Gasteiger partial charge on any atom is -0.456 e. The van der Waals surface area contributed by atoms with Gasteiger partial charge in [0.2, 0.25) is 0 Å². The molecule has 10 rings (SSSR count). The Morgan fingerprint density at radius 3 is 2.13 bits per heavy atom. The lowest BCUT2D eigenvalue weighted by Gasteiger charge is -2.13. The van der Waals surface area contributed by atoms with Crippen molar-refractivity contribution in [1.29, 1.82) is 0 Å². The van der Waals surface area contributed by atoms with Crippen LogP contribution in [0.3, 0.4) is 0 Å². The molecule has 0 aliphatic rings. The molecule has 0 saturated carbocycles. The molecule has 0 saturated heterocycles. The Labute approximate surface area is 263 Å². The van der Waals surface area contributed by atoms with Gasteiger partial charge in [0.05, 0.1) is 28.1 Å². The van der Waals surface area contributed by atoms with E-state index < -0.39 is 0 Å². The Morgan fingerprint density at radius 1 is 0.478 bits per heavy atom. The summed E-state index contributed by atoms with van der Waals surface area (Å²) in [5, 5.41) is 13.1. The van der Waals surface area contributed by atoms with Crippen LogP contribution in [0.25, 0.3) is 93.7 Å². The molecule has 214 valence electrons. The molecule has 46 heavy (non-hydrogen) atoms. The van der Waals surface area contributed by atoms with Crippen LogP contribution in [0, 0.1) is 0 Å². The van der Waals surface area contributed by atoms with E-state index in [1.54, 1.807) is 0 Å². The normalized spacial score (nSPS) is 11.9. The molecule has 0 fully saturated rings. The van der Waals surface area contributed by atoms with Gasteiger partial charge in [-0.3, -0.25) is 0 Å². The molecule has 4 nitrogen and oxygen atoms in total. The first-order chi connectivity index (χ1) is 22.8. The molecule has 0 aliphatic heterocycles. The number of hydrogen-bond donors (Lipinski definition) is 0. The third kappa shape index (κ3) is 3.67. The average Bonchev–Trinajstić information content (AvgIpc) is 3.74. The van der Waals surface area contributed by atoms with Crippen molar-refractivity contribution in [3.8, 4) is 33.8 Å². The zero-order chi connectivity index (χ0) is 30.2. The summed E-state index contributed by atoms with van der Waals surface area (Å²) >= 11 is 0. The van der Waals surface area contributed by atoms with E-state index in [9.17, 15) is 0 Å². The van der Waals surface area contributed by atoms with Gasteiger partial charge < -0.3 is 4.42 Å². The zero-order valence-electron chi connectivity index (χ0n) is 24.7. The van der Waals surface area contributed by atoms with Gasteiger partial charge in [-0.15, -0.1) is 0 Å². The summed E-state index contributed by atoms with van der Waals surface area (Å²) in [6.07, 6.45) is 0. The minimum absolute atomic E-state index is 0.885. The molecule has 0 unspecified atom stereocenters. The van der Waals surface area contributed by atoms with Crippen LogP contribution in [0.2, 0.25) is 0 Å². The quantitative estimate of drug-likeness (QED) is 0.193. The molecule has 0 atom stereocenters. The van der Waals surface area contributed by atoms with Crippen LogP contribution >= 0.6 is 0 Å². The second-order valence-electron chi connectivity index (χ2n) is 11.8. The van der Waals surface area contributed by atoms with Gasteiger partial charge in [0, 0.05) is 49.0 Å². The Balaban J connectivity index is 1.25. The fraction of sp³-hybridized carbons (Fsp3) is 0. The van der Waals surface area contributed by atoms with E-state index in [-0.39, 0.29) is 0 Å². The molecule has 0 aliphatic carbocycles.